The minimum atomic E-state index is -0.252. The van der Waals surface area contributed by atoms with Crippen molar-refractivity contribution in [2.75, 3.05) is 38.1 Å². The lowest BCUT2D eigenvalue weighted by Crippen LogP contribution is -2.52. The van der Waals surface area contributed by atoms with E-state index in [1.54, 1.807) is 29.2 Å². The molecule has 3 N–H and O–H groups in total. The maximum atomic E-state index is 12.0. The van der Waals surface area contributed by atoms with E-state index < -0.39 is 0 Å². The van der Waals surface area contributed by atoms with Gasteiger partial charge in [-0.2, -0.15) is 5.10 Å². The Hall–Kier alpha value is -4.13. The summed E-state index contributed by atoms with van der Waals surface area (Å²) in [5.74, 6) is 1.36. The van der Waals surface area contributed by atoms with Crippen molar-refractivity contribution in [1.82, 2.24) is 30.0 Å². The Labute approximate surface area is 252 Å². The van der Waals surface area contributed by atoms with E-state index in [-0.39, 0.29) is 28.0 Å². The maximum absolute atomic E-state index is 12.0. The number of carbonyl (C=O) groups is 1. The third kappa shape index (κ3) is 6.20. The summed E-state index contributed by atoms with van der Waals surface area (Å²) in [6.45, 7) is 4.88. The Balaban J connectivity index is 1.57. The lowest BCUT2D eigenvalue weighted by molar-refractivity contribution is -0.117. The summed E-state index contributed by atoms with van der Waals surface area (Å²) in [7, 11) is 4.88. The number of carbonyl (C=O) groups excluding carboxylic acids is 1. The van der Waals surface area contributed by atoms with Crippen LogP contribution in [0.1, 0.15) is 12.0 Å². The molecule has 1 aliphatic heterocycles. The van der Waals surface area contributed by atoms with Crippen molar-refractivity contribution in [2.45, 2.75) is 25.0 Å². The zero-order valence-corrected chi connectivity index (χ0v) is 24.8. The molecule has 4 heterocycles. The number of ether oxygens (including phenoxy) is 3. The van der Waals surface area contributed by atoms with Gasteiger partial charge in [0.1, 0.15) is 17.0 Å². The molecule has 14 heteroatoms. The largest absolute Gasteiger partial charge is 0.495 e. The highest BCUT2D eigenvalue weighted by atomic mass is 35.5. The van der Waals surface area contributed by atoms with Crippen molar-refractivity contribution >= 4 is 51.8 Å². The predicted octanol–water partition coefficient (Wildman–Crippen LogP) is 4.23. The molecule has 0 spiro atoms. The van der Waals surface area contributed by atoms with Crippen molar-refractivity contribution in [1.29, 1.82) is 0 Å². The first kappa shape index (κ1) is 29.4. The number of amides is 1. The highest BCUT2D eigenvalue weighted by Gasteiger charge is 2.28. The van der Waals surface area contributed by atoms with Gasteiger partial charge in [0.15, 0.2) is 5.82 Å². The number of methoxy groups -OCH3 is 2. The molecule has 4 aromatic rings. The standard InChI is InChI=1S/C28H30Cl2N8O4/c1-5-22(39)34-17-6-7-42-14-19(17)36-28-32-12-16-8-18(23-24(29)20(40-3)9-21(41-4)25(23)30)35-27(26(16)37-28)31-10-15-11-33-38(2)13-15/h5,8-9,11-13,17,19H,1,6-7,10,14H2,2-4H3,(H,31,35)(H,34,39)(H,32,36,37)/t17-,19+/m0/s1. The first-order valence-electron chi connectivity index (χ1n) is 13.1. The number of nitrogens with one attached hydrogen (secondary N) is 3. The van der Waals surface area contributed by atoms with Gasteiger partial charge in [-0.25, -0.2) is 15.0 Å². The molecule has 0 saturated carbocycles. The Morgan fingerprint density at radius 1 is 1.17 bits per heavy atom. The van der Waals surface area contributed by atoms with Crippen LogP contribution in [0.25, 0.3) is 22.2 Å². The molecule has 42 heavy (non-hydrogen) atoms. The van der Waals surface area contributed by atoms with Gasteiger partial charge in [-0.3, -0.25) is 9.48 Å². The van der Waals surface area contributed by atoms with Crippen LogP contribution in [0.2, 0.25) is 10.0 Å². The van der Waals surface area contributed by atoms with Crippen molar-refractivity contribution < 1.29 is 19.0 Å². The van der Waals surface area contributed by atoms with E-state index >= 15 is 0 Å². The SMILES string of the molecule is C=CC(=O)N[C@H]1CCOC[C@H]1Nc1ncc2cc(-c3c(Cl)c(OC)cc(OC)c3Cl)nc(NCc3cnn(C)c3)c2n1. The zero-order chi connectivity index (χ0) is 29.8. The van der Waals surface area contributed by atoms with Crippen molar-refractivity contribution in [3.63, 3.8) is 0 Å². The normalized spacial score (nSPS) is 16.6. The molecule has 1 aliphatic rings. The number of benzene rings is 1. The van der Waals surface area contributed by atoms with Gasteiger partial charge in [0, 0.05) is 55.2 Å². The molecule has 0 radical (unpaired) electrons. The highest BCUT2D eigenvalue weighted by molar-refractivity contribution is 6.41. The number of rotatable bonds is 10. The molecule has 12 nitrogen and oxygen atoms in total. The second-order valence-corrected chi connectivity index (χ2v) is 10.3. The van der Waals surface area contributed by atoms with Crippen molar-refractivity contribution in [3.8, 4) is 22.8 Å². The summed E-state index contributed by atoms with van der Waals surface area (Å²) >= 11 is 13.5. The molecule has 1 fully saturated rings. The number of hydrogen-bond donors (Lipinski definition) is 3. The van der Waals surface area contributed by atoms with Crippen LogP contribution in [0.3, 0.4) is 0 Å². The molecule has 220 valence electrons. The number of nitrogens with zero attached hydrogens (tertiary/aromatic N) is 5. The van der Waals surface area contributed by atoms with Crippen LogP contribution < -0.4 is 25.4 Å². The van der Waals surface area contributed by atoms with Gasteiger partial charge in [-0.05, 0) is 18.6 Å². The summed E-state index contributed by atoms with van der Waals surface area (Å²) in [6.07, 6.45) is 7.24. The molecule has 0 aliphatic carbocycles. The van der Waals surface area contributed by atoms with Crippen LogP contribution in [0.4, 0.5) is 11.8 Å². The first-order chi connectivity index (χ1) is 20.3. The lowest BCUT2D eigenvalue weighted by Gasteiger charge is -2.32. The average molecular weight is 614 g/mol. The number of aryl methyl sites for hydroxylation is 1. The lowest BCUT2D eigenvalue weighted by atomic mass is 10.0. The van der Waals surface area contributed by atoms with E-state index in [1.165, 1.54) is 20.3 Å². The molecule has 0 bridgehead atoms. The van der Waals surface area contributed by atoms with Gasteiger partial charge in [-0.1, -0.05) is 29.8 Å². The van der Waals surface area contributed by atoms with Gasteiger partial charge in [0.25, 0.3) is 0 Å². The summed E-state index contributed by atoms with van der Waals surface area (Å²) in [5, 5.41) is 15.1. The van der Waals surface area contributed by atoms with Crippen LogP contribution in [0, 0.1) is 0 Å². The first-order valence-corrected chi connectivity index (χ1v) is 13.8. The van der Waals surface area contributed by atoms with Gasteiger partial charge < -0.3 is 30.2 Å². The second-order valence-electron chi connectivity index (χ2n) is 9.58. The molecular formula is C28H30Cl2N8O4. The number of fused-ring (bicyclic) bond motifs is 1. The summed E-state index contributed by atoms with van der Waals surface area (Å²) < 4.78 is 18.3. The summed E-state index contributed by atoms with van der Waals surface area (Å²) in [5.41, 5.74) is 2.43. The Bertz CT molecular complexity index is 1600. The van der Waals surface area contributed by atoms with Gasteiger partial charge >= 0.3 is 0 Å². The third-order valence-corrected chi connectivity index (χ3v) is 7.55. The predicted molar refractivity (Wildman–Crippen MR) is 161 cm³/mol. The molecule has 2 atom stereocenters. The fraction of sp³-hybridized carbons (Fsp3) is 0.321. The van der Waals surface area contributed by atoms with E-state index in [4.69, 9.17) is 47.4 Å². The van der Waals surface area contributed by atoms with E-state index in [9.17, 15) is 4.79 Å². The smallest absolute Gasteiger partial charge is 0.243 e. The Kier molecular flexibility index (Phi) is 8.95. The number of aromatic nitrogens is 5. The number of hydrogen-bond acceptors (Lipinski definition) is 10. The Morgan fingerprint density at radius 3 is 2.60 bits per heavy atom. The monoisotopic (exact) mass is 612 g/mol. The molecule has 1 aromatic carbocycles. The van der Waals surface area contributed by atoms with Gasteiger partial charge in [-0.15, -0.1) is 0 Å². The topological polar surface area (TPSA) is 137 Å². The molecule has 3 aromatic heterocycles. The minimum absolute atomic E-state index is 0.181. The van der Waals surface area contributed by atoms with E-state index in [1.807, 2.05) is 13.2 Å². The van der Waals surface area contributed by atoms with Crippen molar-refractivity contribution in [3.05, 3.63) is 59.0 Å². The highest BCUT2D eigenvalue weighted by Crippen LogP contribution is 2.46. The van der Waals surface area contributed by atoms with Crippen LogP contribution in [0.15, 0.2) is 43.4 Å². The number of halogens is 2. The zero-order valence-electron chi connectivity index (χ0n) is 23.3. The van der Waals surface area contributed by atoms with Crippen LogP contribution >= 0.6 is 23.2 Å². The van der Waals surface area contributed by atoms with Crippen molar-refractivity contribution in [2.24, 2.45) is 7.05 Å². The molecule has 1 saturated heterocycles. The number of anilines is 2. The van der Waals surface area contributed by atoms with Gasteiger partial charge in [0.05, 0.1) is 54.8 Å². The molecule has 1 amide bonds. The van der Waals surface area contributed by atoms with Crippen LogP contribution in [0.5, 0.6) is 11.5 Å². The van der Waals surface area contributed by atoms with Gasteiger partial charge in [0.2, 0.25) is 11.9 Å². The van der Waals surface area contributed by atoms with E-state index in [0.717, 1.165) is 5.56 Å². The second kappa shape index (κ2) is 12.8. The fourth-order valence-corrected chi connectivity index (χ4v) is 5.37. The Morgan fingerprint density at radius 2 is 1.93 bits per heavy atom. The van der Waals surface area contributed by atoms with Crippen LogP contribution in [-0.4, -0.2) is 70.2 Å². The van der Waals surface area contributed by atoms with E-state index in [0.29, 0.717) is 71.6 Å². The molecule has 5 rings (SSSR count). The van der Waals surface area contributed by atoms with Crippen LogP contribution in [-0.2, 0) is 23.1 Å². The maximum Gasteiger partial charge on any atom is 0.243 e. The summed E-state index contributed by atoms with van der Waals surface area (Å²) in [6, 6.07) is 3.00. The fourth-order valence-electron chi connectivity index (χ4n) is 4.68. The average Bonchev–Trinajstić information content (AvgIpc) is 3.42. The molecular weight excluding hydrogens is 583 g/mol. The summed E-state index contributed by atoms with van der Waals surface area (Å²) in [4.78, 5) is 26.2. The quantitative estimate of drug-likeness (QED) is 0.223. The van der Waals surface area contributed by atoms with E-state index in [2.05, 4.69) is 32.6 Å². The third-order valence-electron chi connectivity index (χ3n) is 6.80. The minimum Gasteiger partial charge on any atom is -0.495 e. The molecule has 0 unspecified atom stereocenters. The number of pyridine rings is 1.